The number of hydrogen-bond donors (Lipinski definition) is 1. The Morgan fingerprint density at radius 2 is 2.38 bits per heavy atom. The van der Waals surface area contributed by atoms with Crippen molar-refractivity contribution >= 4 is 27.7 Å². The van der Waals surface area contributed by atoms with E-state index >= 15 is 0 Å². The van der Waals surface area contributed by atoms with E-state index in [9.17, 15) is 0 Å². The summed E-state index contributed by atoms with van der Waals surface area (Å²) in [5, 5.41) is 4.37. The molecule has 1 heterocycles. The second kappa shape index (κ2) is 7.09. The summed E-state index contributed by atoms with van der Waals surface area (Å²) >= 11 is 5.19. The predicted octanol–water partition coefficient (Wildman–Crippen LogP) is 3.49. The number of pyridine rings is 1. The lowest BCUT2D eigenvalue weighted by atomic mass is 10.3. The largest absolute Gasteiger partial charge is 0.311 e. The van der Waals surface area contributed by atoms with Crippen LogP contribution in [-0.2, 0) is 0 Å². The number of hydrogen-bond acceptors (Lipinski definition) is 3. The molecule has 0 fully saturated rings. The Morgan fingerprint density at radius 3 is 3.00 bits per heavy atom. The summed E-state index contributed by atoms with van der Waals surface area (Å²) in [7, 11) is 0. The second-order valence-electron chi connectivity index (χ2n) is 3.86. The smallest absolute Gasteiger partial charge is 0.110 e. The van der Waals surface area contributed by atoms with Crippen LogP contribution in [0.25, 0.3) is 0 Å². The highest BCUT2D eigenvalue weighted by Crippen LogP contribution is 2.25. The van der Waals surface area contributed by atoms with Gasteiger partial charge in [0.1, 0.15) is 5.03 Å². The van der Waals surface area contributed by atoms with Gasteiger partial charge in [0.25, 0.3) is 0 Å². The molecule has 0 saturated heterocycles. The van der Waals surface area contributed by atoms with Crippen molar-refractivity contribution in [2.45, 2.75) is 24.9 Å². The normalized spacial score (nSPS) is 10.8. The van der Waals surface area contributed by atoms with Crippen molar-refractivity contribution < 1.29 is 0 Å². The van der Waals surface area contributed by atoms with Gasteiger partial charge in [-0.15, -0.1) is 11.8 Å². The molecule has 16 heavy (non-hydrogen) atoms. The molecule has 4 heteroatoms. The maximum atomic E-state index is 4.30. The quantitative estimate of drug-likeness (QED) is 0.643. The first-order chi connectivity index (χ1) is 7.59. The van der Waals surface area contributed by atoms with Gasteiger partial charge in [-0.1, -0.05) is 26.0 Å². The molecule has 0 atom stereocenters. The van der Waals surface area contributed by atoms with Gasteiger partial charge in [0.2, 0.25) is 0 Å². The van der Waals surface area contributed by atoms with E-state index in [-0.39, 0.29) is 0 Å². The van der Waals surface area contributed by atoms with Crippen molar-refractivity contribution in [2.24, 2.45) is 0 Å². The summed E-state index contributed by atoms with van der Waals surface area (Å²) in [4.78, 5) is 4.30. The lowest BCUT2D eigenvalue weighted by molar-refractivity contribution is 0.623. The van der Waals surface area contributed by atoms with Gasteiger partial charge in [-0.2, -0.15) is 0 Å². The van der Waals surface area contributed by atoms with Gasteiger partial charge < -0.3 is 5.32 Å². The summed E-state index contributed by atoms with van der Waals surface area (Å²) in [5.41, 5.74) is 1.19. The molecule has 0 amide bonds. The number of aromatic nitrogens is 1. The van der Waals surface area contributed by atoms with Gasteiger partial charge in [0, 0.05) is 29.0 Å². The maximum Gasteiger partial charge on any atom is 0.110 e. The zero-order chi connectivity index (χ0) is 12.0. The minimum Gasteiger partial charge on any atom is -0.311 e. The van der Waals surface area contributed by atoms with E-state index in [4.69, 9.17) is 0 Å². The lowest BCUT2D eigenvalue weighted by Gasteiger charge is -2.10. The predicted molar refractivity (Wildman–Crippen MR) is 74.9 cm³/mol. The van der Waals surface area contributed by atoms with Crippen LogP contribution in [0.1, 0.15) is 13.8 Å². The van der Waals surface area contributed by atoms with E-state index < -0.39 is 0 Å². The van der Waals surface area contributed by atoms with E-state index in [1.165, 1.54) is 5.57 Å². The fourth-order valence-electron chi connectivity index (χ4n) is 1.05. The number of nitrogens with zero attached hydrogens (tertiary/aromatic N) is 1. The number of halogens is 1. The molecule has 0 radical (unpaired) electrons. The average Bonchev–Trinajstić information content (AvgIpc) is 2.25. The molecule has 0 unspecified atom stereocenters. The average molecular weight is 301 g/mol. The van der Waals surface area contributed by atoms with E-state index in [1.54, 1.807) is 11.8 Å². The van der Waals surface area contributed by atoms with Gasteiger partial charge in [0.05, 0.1) is 0 Å². The third-order valence-electron chi connectivity index (χ3n) is 1.90. The maximum absolute atomic E-state index is 4.30. The Morgan fingerprint density at radius 1 is 1.62 bits per heavy atom. The third kappa shape index (κ3) is 5.14. The molecule has 0 aliphatic rings. The molecular formula is C12H17BrN2S. The molecule has 0 aliphatic heterocycles. The summed E-state index contributed by atoms with van der Waals surface area (Å²) in [5.74, 6) is 0.898. The molecule has 0 bridgehead atoms. The van der Waals surface area contributed by atoms with Crippen LogP contribution < -0.4 is 5.32 Å². The summed E-state index contributed by atoms with van der Waals surface area (Å²) in [6, 6.07) is 4.43. The molecule has 1 rings (SSSR count). The van der Waals surface area contributed by atoms with E-state index in [2.05, 4.69) is 46.7 Å². The fraction of sp³-hybridized carbons (Fsp3) is 0.417. The first-order valence-corrected chi connectivity index (χ1v) is 7.01. The Hall–Kier alpha value is -0.320. The molecule has 0 aliphatic carbocycles. The van der Waals surface area contributed by atoms with Crippen molar-refractivity contribution in [1.29, 1.82) is 0 Å². The van der Waals surface area contributed by atoms with Gasteiger partial charge in [-0.3, -0.25) is 0 Å². The number of nitrogens with one attached hydrogen (secondary N) is 1. The molecule has 0 aromatic carbocycles. The van der Waals surface area contributed by atoms with Crippen LogP contribution in [0.2, 0.25) is 0 Å². The minimum absolute atomic E-state index is 0.503. The van der Waals surface area contributed by atoms with Gasteiger partial charge in [0.15, 0.2) is 0 Å². The number of thioether (sulfide) groups is 1. The Bertz CT molecular complexity index is 353. The van der Waals surface area contributed by atoms with Crippen LogP contribution in [0.5, 0.6) is 0 Å². The van der Waals surface area contributed by atoms with E-state index in [0.29, 0.717) is 6.04 Å². The van der Waals surface area contributed by atoms with Gasteiger partial charge in [-0.25, -0.2) is 4.98 Å². The number of rotatable bonds is 6. The van der Waals surface area contributed by atoms with Crippen molar-refractivity contribution in [1.82, 2.24) is 10.3 Å². The van der Waals surface area contributed by atoms with Crippen molar-refractivity contribution in [3.8, 4) is 0 Å². The molecule has 2 nitrogen and oxygen atoms in total. The van der Waals surface area contributed by atoms with Crippen LogP contribution in [0.3, 0.4) is 0 Å². The van der Waals surface area contributed by atoms with Crippen LogP contribution >= 0.6 is 27.7 Å². The minimum atomic E-state index is 0.503. The zero-order valence-electron chi connectivity index (χ0n) is 9.66. The molecular weight excluding hydrogens is 284 g/mol. The molecule has 1 aromatic rings. The van der Waals surface area contributed by atoms with Crippen molar-refractivity contribution in [3.05, 3.63) is 35.0 Å². The highest BCUT2D eigenvalue weighted by molar-refractivity contribution is 9.10. The van der Waals surface area contributed by atoms with E-state index in [0.717, 1.165) is 21.8 Å². The first-order valence-electron chi connectivity index (χ1n) is 5.23. The molecule has 0 saturated carbocycles. The molecule has 1 N–H and O–H groups in total. The highest BCUT2D eigenvalue weighted by Gasteiger charge is 2.02. The Labute approximate surface area is 110 Å². The Balaban J connectivity index is 2.35. The monoisotopic (exact) mass is 300 g/mol. The van der Waals surface area contributed by atoms with Crippen molar-refractivity contribution in [2.75, 3.05) is 12.3 Å². The summed E-state index contributed by atoms with van der Waals surface area (Å²) in [6.07, 6.45) is 1.81. The van der Waals surface area contributed by atoms with Crippen LogP contribution in [0.15, 0.2) is 40.0 Å². The highest BCUT2D eigenvalue weighted by atomic mass is 79.9. The molecule has 0 spiro atoms. The molecule has 88 valence electrons. The van der Waals surface area contributed by atoms with Gasteiger partial charge >= 0.3 is 0 Å². The second-order valence-corrected chi connectivity index (χ2v) is 5.68. The fourth-order valence-corrected chi connectivity index (χ4v) is 2.43. The van der Waals surface area contributed by atoms with Crippen LogP contribution in [0, 0.1) is 0 Å². The van der Waals surface area contributed by atoms with Crippen molar-refractivity contribution in [3.63, 3.8) is 0 Å². The standard InChI is InChI=1S/C12H17BrN2S/c1-9(2)15-7-10(3)8-16-12-11(13)5-4-6-14-12/h4-6,9,15H,3,7-8H2,1-2H3. The molecule has 1 aromatic heterocycles. The van der Waals surface area contributed by atoms with E-state index in [1.807, 2.05) is 18.3 Å². The third-order valence-corrected chi connectivity index (χ3v) is 3.95. The topological polar surface area (TPSA) is 24.9 Å². The van der Waals surface area contributed by atoms with Crippen LogP contribution in [-0.4, -0.2) is 23.3 Å². The first kappa shape index (κ1) is 13.7. The van der Waals surface area contributed by atoms with Gasteiger partial charge in [-0.05, 0) is 28.1 Å². The SMILES string of the molecule is C=C(CNC(C)C)CSc1ncccc1Br. The zero-order valence-corrected chi connectivity index (χ0v) is 12.1. The summed E-state index contributed by atoms with van der Waals surface area (Å²) < 4.78 is 1.05. The summed E-state index contributed by atoms with van der Waals surface area (Å²) in [6.45, 7) is 9.18. The lowest BCUT2D eigenvalue weighted by Crippen LogP contribution is -2.25. The van der Waals surface area contributed by atoms with Crippen LogP contribution in [0.4, 0.5) is 0 Å². The Kier molecular flexibility index (Phi) is 6.09.